The molecule has 0 unspecified atom stereocenters. The molecular weight excluding hydrogens is 391 g/mol. The van der Waals surface area contributed by atoms with Gasteiger partial charge in [0.05, 0.1) is 6.61 Å². The summed E-state index contributed by atoms with van der Waals surface area (Å²) in [7, 11) is -0.696. The minimum Gasteiger partial charge on any atom is -0.507 e. The van der Waals surface area contributed by atoms with E-state index in [4.69, 9.17) is 4.52 Å². The Kier molecular flexibility index (Phi) is 10.8. The molecule has 0 aliphatic carbocycles. The first kappa shape index (κ1) is 27.4. The van der Waals surface area contributed by atoms with Gasteiger partial charge in [-0.2, -0.15) is 0 Å². The minimum absolute atomic E-state index is 0.0869. The normalized spacial score (nSPS) is 13.1. The number of aryl methyl sites for hydroxylation is 1. The third-order valence-corrected chi connectivity index (χ3v) is 8.06. The van der Waals surface area contributed by atoms with E-state index in [9.17, 15) is 5.11 Å². The summed E-state index contributed by atoms with van der Waals surface area (Å²) in [6, 6.07) is 4.39. The molecule has 30 heavy (non-hydrogen) atoms. The van der Waals surface area contributed by atoms with Gasteiger partial charge in [-0.15, -0.1) is 0 Å². The van der Waals surface area contributed by atoms with Crippen LogP contribution in [0.25, 0.3) is 0 Å². The van der Waals surface area contributed by atoms with Crippen molar-refractivity contribution in [2.24, 2.45) is 0 Å². The van der Waals surface area contributed by atoms with Crippen LogP contribution >= 0.6 is 8.45 Å². The van der Waals surface area contributed by atoms with Crippen molar-refractivity contribution in [2.45, 2.75) is 92.9 Å². The summed E-state index contributed by atoms with van der Waals surface area (Å²) in [5.74, 6) is 0.460. The lowest BCUT2D eigenvalue weighted by Crippen LogP contribution is -2.30. The predicted octanol–water partition coefficient (Wildman–Crippen LogP) is 6.85. The molecule has 0 aliphatic heterocycles. The van der Waals surface area contributed by atoms with Gasteiger partial charge in [-0.05, 0) is 40.4 Å². The summed E-state index contributed by atoms with van der Waals surface area (Å²) in [5, 5.41) is 10.9. The molecule has 0 radical (unpaired) electrons. The Bertz CT molecular complexity index is 595. The fourth-order valence-electron chi connectivity index (χ4n) is 3.68. The Balaban J connectivity index is 2.96. The molecule has 0 spiro atoms. The summed E-state index contributed by atoms with van der Waals surface area (Å²) in [6.07, 6.45) is 1.95. The molecule has 0 saturated carbocycles. The Labute approximate surface area is 187 Å². The maximum atomic E-state index is 10.9. The van der Waals surface area contributed by atoms with Crippen LogP contribution in [-0.2, 0) is 21.8 Å². The highest BCUT2D eigenvalue weighted by atomic mass is 31.2. The summed E-state index contributed by atoms with van der Waals surface area (Å²) < 4.78 is 11.3. The SMILES string of the molecule is CCN(CC)P(OCCCc1cc(C(C)(C)C)c(O)c(C(C)(C)C)c1)N(CC)CC. The second kappa shape index (κ2) is 11.8. The van der Waals surface area contributed by atoms with E-state index in [2.05, 4.69) is 90.7 Å². The third-order valence-electron chi connectivity index (χ3n) is 5.55. The zero-order valence-corrected chi connectivity index (χ0v) is 22.2. The number of rotatable bonds is 11. The first-order chi connectivity index (χ1) is 13.9. The smallest absolute Gasteiger partial charge is 0.187 e. The average molecular weight is 439 g/mol. The van der Waals surface area contributed by atoms with Crippen LogP contribution in [0, 0.1) is 0 Å². The summed E-state index contributed by atoms with van der Waals surface area (Å²) in [6.45, 7) is 26.7. The third kappa shape index (κ3) is 7.48. The molecule has 0 aliphatic rings. The topological polar surface area (TPSA) is 35.9 Å². The lowest BCUT2D eigenvalue weighted by molar-refractivity contribution is 0.261. The maximum Gasteiger partial charge on any atom is 0.187 e. The van der Waals surface area contributed by atoms with E-state index in [-0.39, 0.29) is 10.8 Å². The van der Waals surface area contributed by atoms with Crippen molar-refractivity contribution in [3.63, 3.8) is 0 Å². The van der Waals surface area contributed by atoms with Crippen LogP contribution in [0.15, 0.2) is 12.1 Å². The van der Waals surface area contributed by atoms with E-state index in [1.54, 1.807) is 0 Å². The number of benzene rings is 1. The van der Waals surface area contributed by atoms with Gasteiger partial charge >= 0.3 is 0 Å². The maximum absolute atomic E-state index is 10.9. The van der Waals surface area contributed by atoms with Crippen molar-refractivity contribution in [1.29, 1.82) is 0 Å². The van der Waals surface area contributed by atoms with Gasteiger partial charge in [-0.3, -0.25) is 0 Å². The van der Waals surface area contributed by atoms with E-state index in [1.165, 1.54) is 5.56 Å². The molecule has 0 heterocycles. The van der Waals surface area contributed by atoms with Gasteiger partial charge in [-0.25, -0.2) is 9.34 Å². The van der Waals surface area contributed by atoms with Crippen LogP contribution < -0.4 is 0 Å². The Morgan fingerprint density at radius 2 is 1.20 bits per heavy atom. The van der Waals surface area contributed by atoms with Crippen molar-refractivity contribution < 1.29 is 9.63 Å². The van der Waals surface area contributed by atoms with E-state index in [1.807, 2.05) is 0 Å². The average Bonchev–Trinajstić information content (AvgIpc) is 2.65. The Hall–Kier alpha value is -0.670. The molecule has 4 nitrogen and oxygen atoms in total. The standard InChI is InChI=1S/C25H47N2O2P/c1-11-26(12-2)30(27(13-3)14-4)29-17-15-16-20-18-21(24(5,6)7)23(28)22(19-20)25(8,9)10/h18-19,28H,11-17H2,1-10H3. The molecule has 0 aromatic heterocycles. The van der Waals surface area contributed by atoms with E-state index < -0.39 is 8.45 Å². The van der Waals surface area contributed by atoms with Gasteiger partial charge < -0.3 is 9.63 Å². The highest BCUT2D eigenvalue weighted by Crippen LogP contribution is 2.45. The van der Waals surface area contributed by atoms with E-state index in [0.717, 1.165) is 56.8 Å². The monoisotopic (exact) mass is 438 g/mol. The second-order valence-electron chi connectivity index (χ2n) is 10.0. The quantitative estimate of drug-likeness (QED) is 0.303. The zero-order chi connectivity index (χ0) is 23.1. The molecule has 0 saturated heterocycles. The van der Waals surface area contributed by atoms with Gasteiger partial charge in [0, 0.05) is 26.2 Å². The lowest BCUT2D eigenvalue weighted by atomic mass is 9.78. The lowest BCUT2D eigenvalue weighted by Gasteiger charge is -2.36. The highest BCUT2D eigenvalue weighted by Gasteiger charge is 2.27. The molecule has 0 fully saturated rings. The number of aromatic hydroxyl groups is 1. The first-order valence-electron chi connectivity index (χ1n) is 11.7. The van der Waals surface area contributed by atoms with E-state index >= 15 is 0 Å². The van der Waals surface area contributed by atoms with Gasteiger partial charge in [-0.1, -0.05) is 81.4 Å². The van der Waals surface area contributed by atoms with Crippen LogP contribution in [0.3, 0.4) is 0 Å². The summed E-state index contributed by atoms with van der Waals surface area (Å²) >= 11 is 0. The van der Waals surface area contributed by atoms with E-state index in [0.29, 0.717) is 5.75 Å². The summed E-state index contributed by atoms with van der Waals surface area (Å²) in [4.78, 5) is 0. The Morgan fingerprint density at radius 1 is 0.800 bits per heavy atom. The van der Waals surface area contributed by atoms with Crippen molar-refractivity contribution in [2.75, 3.05) is 32.8 Å². The summed E-state index contributed by atoms with van der Waals surface area (Å²) in [5.41, 5.74) is 3.20. The van der Waals surface area contributed by atoms with Crippen LogP contribution in [0.2, 0.25) is 0 Å². The van der Waals surface area contributed by atoms with Crippen molar-refractivity contribution in [3.8, 4) is 5.75 Å². The molecule has 174 valence electrons. The van der Waals surface area contributed by atoms with Crippen molar-refractivity contribution in [3.05, 3.63) is 28.8 Å². The Morgan fingerprint density at radius 3 is 1.53 bits per heavy atom. The van der Waals surface area contributed by atoms with Gasteiger partial charge in [0.25, 0.3) is 0 Å². The zero-order valence-electron chi connectivity index (χ0n) is 21.3. The molecule has 1 aromatic carbocycles. The fraction of sp³-hybridized carbons (Fsp3) is 0.760. The molecule has 1 rings (SSSR count). The fourth-order valence-corrected chi connectivity index (χ4v) is 5.62. The molecule has 0 bridgehead atoms. The largest absolute Gasteiger partial charge is 0.507 e. The van der Waals surface area contributed by atoms with Crippen LogP contribution in [0.1, 0.15) is 92.3 Å². The molecule has 0 atom stereocenters. The number of hydrogen-bond donors (Lipinski definition) is 1. The van der Waals surface area contributed by atoms with Crippen LogP contribution in [-0.4, -0.2) is 47.2 Å². The molecule has 5 heteroatoms. The van der Waals surface area contributed by atoms with Gasteiger partial charge in [0.1, 0.15) is 5.75 Å². The van der Waals surface area contributed by atoms with Gasteiger partial charge in [0.15, 0.2) is 8.45 Å². The van der Waals surface area contributed by atoms with Crippen LogP contribution in [0.5, 0.6) is 5.75 Å². The second-order valence-corrected chi connectivity index (χ2v) is 11.9. The van der Waals surface area contributed by atoms with Gasteiger partial charge in [0.2, 0.25) is 0 Å². The van der Waals surface area contributed by atoms with Crippen LogP contribution in [0.4, 0.5) is 0 Å². The number of phenols is 1. The first-order valence-corrected chi connectivity index (χ1v) is 12.9. The molecule has 1 aromatic rings. The number of nitrogens with zero attached hydrogens (tertiary/aromatic N) is 2. The molecule has 1 N–H and O–H groups in total. The number of phenolic OH excluding ortho intramolecular Hbond substituents is 1. The molecule has 0 amide bonds. The number of hydrogen-bond acceptors (Lipinski definition) is 4. The minimum atomic E-state index is -0.696. The van der Waals surface area contributed by atoms with Crippen molar-refractivity contribution in [1.82, 2.24) is 9.34 Å². The molecular formula is C25H47N2O2P. The predicted molar refractivity (Wildman–Crippen MR) is 133 cm³/mol. The highest BCUT2D eigenvalue weighted by molar-refractivity contribution is 7.47. The van der Waals surface area contributed by atoms with Crippen molar-refractivity contribution >= 4 is 8.45 Å².